The Morgan fingerprint density at radius 1 is 1.19 bits per heavy atom. The van der Waals surface area contributed by atoms with Gasteiger partial charge in [-0.05, 0) is 36.2 Å². The van der Waals surface area contributed by atoms with E-state index in [1.54, 1.807) is 24.3 Å². The molecule has 0 atom stereocenters. The van der Waals surface area contributed by atoms with E-state index in [0.717, 1.165) is 5.56 Å². The predicted octanol–water partition coefficient (Wildman–Crippen LogP) is 2.49. The van der Waals surface area contributed by atoms with Crippen LogP contribution in [0.4, 0.5) is 10.1 Å². The number of hydrogen-bond acceptors (Lipinski definition) is 3. The normalized spacial score (nSPS) is 10.1. The Bertz CT molecular complexity index is 656. The van der Waals surface area contributed by atoms with Gasteiger partial charge in [-0.1, -0.05) is 12.1 Å². The Labute approximate surface area is 120 Å². The average molecular weight is 288 g/mol. The number of nitrogens with zero attached hydrogens (tertiary/aromatic N) is 1. The number of carbonyl (C=O) groups excluding carboxylic acids is 1. The van der Waals surface area contributed by atoms with Gasteiger partial charge >= 0.3 is 5.97 Å². The van der Waals surface area contributed by atoms with Crippen molar-refractivity contribution in [2.45, 2.75) is 12.8 Å². The smallest absolute Gasteiger partial charge is 0.303 e. The molecule has 21 heavy (non-hydrogen) atoms. The van der Waals surface area contributed by atoms with E-state index in [1.165, 1.54) is 18.3 Å². The van der Waals surface area contributed by atoms with Crippen LogP contribution in [0.3, 0.4) is 0 Å². The van der Waals surface area contributed by atoms with Crippen LogP contribution in [0.1, 0.15) is 22.3 Å². The highest BCUT2D eigenvalue weighted by Crippen LogP contribution is 2.13. The van der Waals surface area contributed by atoms with Crippen LogP contribution in [0.5, 0.6) is 0 Å². The molecule has 0 aliphatic rings. The van der Waals surface area contributed by atoms with E-state index in [1.807, 2.05) is 0 Å². The molecule has 0 saturated carbocycles. The van der Waals surface area contributed by atoms with E-state index in [-0.39, 0.29) is 12.0 Å². The Morgan fingerprint density at radius 3 is 2.52 bits per heavy atom. The molecule has 1 aromatic heterocycles. The van der Waals surface area contributed by atoms with Crippen molar-refractivity contribution in [1.29, 1.82) is 0 Å². The molecule has 0 fully saturated rings. The number of rotatable bonds is 5. The molecule has 108 valence electrons. The summed E-state index contributed by atoms with van der Waals surface area (Å²) in [7, 11) is 0. The molecule has 0 aliphatic carbocycles. The van der Waals surface area contributed by atoms with Crippen LogP contribution in [0.2, 0.25) is 0 Å². The maximum Gasteiger partial charge on any atom is 0.303 e. The highest BCUT2D eigenvalue weighted by Gasteiger charge is 2.12. The average Bonchev–Trinajstić information content (AvgIpc) is 2.47. The summed E-state index contributed by atoms with van der Waals surface area (Å²) in [5.41, 5.74) is 1.22. The largest absolute Gasteiger partial charge is 0.481 e. The zero-order chi connectivity index (χ0) is 15.2. The summed E-state index contributed by atoms with van der Waals surface area (Å²) in [6.45, 7) is 0. The minimum atomic E-state index is -0.862. The van der Waals surface area contributed by atoms with Crippen molar-refractivity contribution in [1.82, 2.24) is 4.98 Å². The topological polar surface area (TPSA) is 79.3 Å². The lowest BCUT2D eigenvalue weighted by molar-refractivity contribution is -0.136. The fourth-order valence-corrected chi connectivity index (χ4v) is 1.76. The maximum absolute atomic E-state index is 13.4. The van der Waals surface area contributed by atoms with Crippen LogP contribution in [-0.2, 0) is 11.2 Å². The first-order chi connectivity index (χ1) is 10.1. The van der Waals surface area contributed by atoms with E-state index in [4.69, 9.17) is 5.11 Å². The molecule has 1 aromatic carbocycles. The molecule has 0 spiro atoms. The van der Waals surface area contributed by atoms with E-state index in [2.05, 4.69) is 10.3 Å². The second-order valence-corrected chi connectivity index (χ2v) is 4.39. The second-order valence-electron chi connectivity index (χ2n) is 4.39. The molecular formula is C15H13FN2O3. The molecule has 0 saturated heterocycles. The van der Waals surface area contributed by atoms with Crippen molar-refractivity contribution in [2.24, 2.45) is 0 Å². The molecule has 2 aromatic rings. The Hall–Kier alpha value is -2.76. The third kappa shape index (κ3) is 4.10. The van der Waals surface area contributed by atoms with Crippen molar-refractivity contribution >= 4 is 17.6 Å². The molecule has 2 rings (SSSR count). The summed E-state index contributed by atoms with van der Waals surface area (Å²) < 4.78 is 13.4. The second kappa shape index (κ2) is 6.60. The Balaban J connectivity index is 2.02. The first-order valence-corrected chi connectivity index (χ1v) is 6.29. The zero-order valence-electron chi connectivity index (χ0n) is 11.0. The third-order valence-corrected chi connectivity index (χ3v) is 2.84. The Kier molecular flexibility index (Phi) is 4.61. The quantitative estimate of drug-likeness (QED) is 0.828. The van der Waals surface area contributed by atoms with Gasteiger partial charge in [0.1, 0.15) is 0 Å². The van der Waals surface area contributed by atoms with Gasteiger partial charge in [0.25, 0.3) is 5.91 Å². The van der Waals surface area contributed by atoms with E-state index >= 15 is 0 Å². The molecule has 0 aliphatic heterocycles. The standard InChI is InChI=1S/C15H13FN2O3/c16-14-12(2-1-9-17-14)15(21)18-11-6-3-10(4-7-11)5-8-13(19)20/h1-4,6-7,9H,5,8H2,(H,18,21)(H,19,20). The monoisotopic (exact) mass is 288 g/mol. The minimum absolute atomic E-state index is 0.0482. The molecule has 0 bridgehead atoms. The van der Waals surface area contributed by atoms with Gasteiger partial charge in [-0.3, -0.25) is 9.59 Å². The number of amides is 1. The van der Waals surface area contributed by atoms with Gasteiger partial charge in [-0.25, -0.2) is 4.98 Å². The van der Waals surface area contributed by atoms with Crippen LogP contribution >= 0.6 is 0 Å². The molecule has 1 heterocycles. The lowest BCUT2D eigenvalue weighted by Crippen LogP contribution is -2.14. The fraction of sp³-hybridized carbons (Fsp3) is 0.133. The Morgan fingerprint density at radius 2 is 1.90 bits per heavy atom. The number of anilines is 1. The van der Waals surface area contributed by atoms with Gasteiger partial charge in [0.15, 0.2) is 0 Å². The van der Waals surface area contributed by atoms with Crippen molar-refractivity contribution in [3.05, 3.63) is 59.7 Å². The van der Waals surface area contributed by atoms with Gasteiger partial charge in [0, 0.05) is 18.3 Å². The number of hydrogen-bond donors (Lipinski definition) is 2. The van der Waals surface area contributed by atoms with Crippen molar-refractivity contribution < 1.29 is 19.1 Å². The molecular weight excluding hydrogens is 275 g/mol. The molecule has 0 radical (unpaired) electrons. The number of halogens is 1. The number of aromatic nitrogens is 1. The molecule has 2 N–H and O–H groups in total. The minimum Gasteiger partial charge on any atom is -0.481 e. The third-order valence-electron chi connectivity index (χ3n) is 2.84. The lowest BCUT2D eigenvalue weighted by atomic mass is 10.1. The van der Waals surface area contributed by atoms with Gasteiger partial charge in [0.2, 0.25) is 5.95 Å². The number of carboxylic acid groups (broad SMARTS) is 1. The summed E-state index contributed by atoms with van der Waals surface area (Å²) in [6.07, 6.45) is 1.73. The van der Waals surface area contributed by atoms with Gasteiger partial charge in [-0.15, -0.1) is 0 Å². The number of aliphatic carboxylic acids is 1. The van der Waals surface area contributed by atoms with Crippen LogP contribution in [0, 0.1) is 5.95 Å². The van der Waals surface area contributed by atoms with E-state index < -0.39 is 17.8 Å². The summed E-state index contributed by atoms with van der Waals surface area (Å²) in [4.78, 5) is 25.8. The summed E-state index contributed by atoms with van der Waals surface area (Å²) in [6, 6.07) is 9.55. The van der Waals surface area contributed by atoms with Gasteiger partial charge < -0.3 is 10.4 Å². The summed E-state index contributed by atoms with van der Waals surface area (Å²) >= 11 is 0. The highest BCUT2D eigenvalue weighted by atomic mass is 19.1. The first-order valence-electron chi connectivity index (χ1n) is 6.29. The number of carboxylic acids is 1. The molecule has 5 nitrogen and oxygen atoms in total. The van der Waals surface area contributed by atoms with Crippen molar-refractivity contribution in [3.8, 4) is 0 Å². The molecule has 0 unspecified atom stereocenters. The first kappa shape index (κ1) is 14.6. The van der Waals surface area contributed by atoms with Crippen LogP contribution in [0.25, 0.3) is 0 Å². The van der Waals surface area contributed by atoms with Crippen molar-refractivity contribution in [3.63, 3.8) is 0 Å². The van der Waals surface area contributed by atoms with Crippen molar-refractivity contribution in [2.75, 3.05) is 5.32 Å². The number of nitrogens with one attached hydrogen (secondary N) is 1. The predicted molar refractivity (Wildman–Crippen MR) is 74.5 cm³/mol. The van der Waals surface area contributed by atoms with E-state index in [0.29, 0.717) is 12.1 Å². The molecule has 1 amide bonds. The fourth-order valence-electron chi connectivity index (χ4n) is 1.76. The number of carbonyl (C=O) groups is 2. The maximum atomic E-state index is 13.4. The summed E-state index contributed by atoms with van der Waals surface area (Å²) in [5, 5.41) is 11.2. The number of pyridine rings is 1. The summed E-state index contributed by atoms with van der Waals surface area (Å²) in [5.74, 6) is -2.27. The van der Waals surface area contributed by atoms with Crippen LogP contribution < -0.4 is 5.32 Å². The van der Waals surface area contributed by atoms with Gasteiger partial charge in [-0.2, -0.15) is 4.39 Å². The number of benzene rings is 1. The SMILES string of the molecule is O=C(O)CCc1ccc(NC(=O)c2cccnc2F)cc1. The number of aryl methyl sites for hydroxylation is 1. The van der Waals surface area contributed by atoms with Crippen LogP contribution in [-0.4, -0.2) is 22.0 Å². The van der Waals surface area contributed by atoms with E-state index in [9.17, 15) is 14.0 Å². The zero-order valence-corrected chi connectivity index (χ0v) is 11.0. The van der Waals surface area contributed by atoms with Gasteiger partial charge in [0.05, 0.1) is 5.56 Å². The lowest BCUT2D eigenvalue weighted by Gasteiger charge is -2.06. The van der Waals surface area contributed by atoms with Crippen LogP contribution in [0.15, 0.2) is 42.6 Å². The highest BCUT2D eigenvalue weighted by molar-refractivity contribution is 6.04. The molecule has 6 heteroatoms.